The predicted octanol–water partition coefficient (Wildman–Crippen LogP) is 2.14. The Balaban J connectivity index is 2.22. The van der Waals surface area contributed by atoms with Gasteiger partial charge in [-0.05, 0) is 24.6 Å². The zero-order chi connectivity index (χ0) is 17.5. The number of aromatic nitrogens is 2. The van der Waals surface area contributed by atoms with E-state index in [9.17, 15) is 14.0 Å². The highest BCUT2D eigenvalue weighted by atomic mass is 19.1. The minimum absolute atomic E-state index is 0.0502. The predicted molar refractivity (Wildman–Crippen MR) is 85.8 cm³/mol. The number of hydrogen-bond donors (Lipinski definition) is 1. The van der Waals surface area contributed by atoms with Crippen LogP contribution in [-0.4, -0.2) is 35.5 Å². The van der Waals surface area contributed by atoms with Crippen molar-refractivity contribution in [3.05, 3.63) is 47.7 Å². The van der Waals surface area contributed by atoms with E-state index < -0.39 is 17.7 Å². The molecule has 0 unspecified atom stereocenters. The van der Waals surface area contributed by atoms with Crippen molar-refractivity contribution in [1.29, 1.82) is 0 Å². The lowest BCUT2D eigenvalue weighted by Gasteiger charge is -2.09. The number of esters is 1. The Morgan fingerprint density at radius 3 is 2.67 bits per heavy atom. The Hall–Kier alpha value is -2.83. The van der Waals surface area contributed by atoms with E-state index in [0.29, 0.717) is 17.7 Å². The van der Waals surface area contributed by atoms with Crippen LogP contribution in [0.3, 0.4) is 0 Å². The normalized spacial score (nSPS) is 10.3. The second kappa shape index (κ2) is 8.14. The molecule has 1 amide bonds. The van der Waals surface area contributed by atoms with Gasteiger partial charge in [-0.1, -0.05) is 6.92 Å². The highest BCUT2D eigenvalue weighted by Crippen LogP contribution is 2.22. The molecule has 0 bridgehead atoms. The van der Waals surface area contributed by atoms with E-state index in [1.807, 2.05) is 6.92 Å². The van der Waals surface area contributed by atoms with Crippen LogP contribution in [-0.2, 0) is 16.0 Å². The van der Waals surface area contributed by atoms with E-state index in [0.717, 1.165) is 11.8 Å². The zero-order valence-corrected chi connectivity index (χ0v) is 13.5. The van der Waals surface area contributed by atoms with Crippen molar-refractivity contribution in [2.24, 2.45) is 0 Å². The van der Waals surface area contributed by atoms with Crippen LogP contribution in [0.5, 0.6) is 0 Å². The first-order chi connectivity index (χ1) is 11.5. The van der Waals surface area contributed by atoms with Gasteiger partial charge in [-0.25, -0.2) is 4.39 Å². The number of methoxy groups -OCH3 is 1. The lowest BCUT2D eigenvalue weighted by molar-refractivity contribution is -0.140. The number of hydrogen-bond acceptors (Lipinski definition) is 5. The molecule has 0 aliphatic rings. The molecule has 126 valence electrons. The van der Waals surface area contributed by atoms with Crippen LogP contribution in [0, 0.1) is 5.82 Å². The first kappa shape index (κ1) is 17.5. The van der Waals surface area contributed by atoms with E-state index in [-0.39, 0.29) is 18.5 Å². The Labute approximate surface area is 139 Å². The molecule has 1 aromatic carbocycles. The van der Waals surface area contributed by atoms with Gasteiger partial charge in [0, 0.05) is 30.1 Å². The largest absolute Gasteiger partial charge is 0.469 e. The number of rotatable bonds is 6. The van der Waals surface area contributed by atoms with E-state index in [1.165, 1.54) is 19.4 Å². The summed E-state index contributed by atoms with van der Waals surface area (Å²) >= 11 is 0. The molecule has 0 atom stereocenters. The molecule has 1 N–H and O–H groups in total. The summed E-state index contributed by atoms with van der Waals surface area (Å²) in [6.07, 6.45) is 3.78. The number of amides is 1. The molecule has 6 nitrogen and oxygen atoms in total. The quantitative estimate of drug-likeness (QED) is 0.820. The van der Waals surface area contributed by atoms with Gasteiger partial charge in [0.15, 0.2) is 0 Å². The number of halogens is 1. The second-order valence-corrected chi connectivity index (χ2v) is 5.02. The Morgan fingerprint density at radius 2 is 1.96 bits per heavy atom. The summed E-state index contributed by atoms with van der Waals surface area (Å²) in [7, 11) is 1.27. The Bertz CT molecular complexity index is 750. The monoisotopic (exact) mass is 331 g/mol. The highest BCUT2D eigenvalue weighted by molar-refractivity contribution is 5.95. The van der Waals surface area contributed by atoms with Gasteiger partial charge in [0.2, 0.25) is 0 Å². The van der Waals surface area contributed by atoms with Gasteiger partial charge in [-0.2, -0.15) is 0 Å². The molecule has 0 aliphatic carbocycles. The topological polar surface area (TPSA) is 81.2 Å². The van der Waals surface area contributed by atoms with Gasteiger partial charge >= 0.3 is 5.97 Å². The molecule has 1 aromatic heterocycles. The standard InChI is InChI=1S/C17H18FN3O3/c1-3-14-16(20-7-6-19-14)11-8-12(10-13(18)9-11)17(23)21-5-4-15(22)24-2/h6-10H,3-5H2,1-2H3,(H,21,23). The number of ether oxygens (including phenoxy) is 1. The molecular weight excluding hydrogens is 313 g/mol. The first-order valence-electron chi connectivity index (χ1n) is 7.51. The first-order valence-corrected chi connectivity index (χ1v) is 7.51. The van der Waals surface area contributed by atoms with Crippen LogP contribution in [0.1, 0.15) is 29.4 Å². The lowest BCUT2D eigenvalue weighted by atomic mass is 10.0. The number of carbonyl (C=O) groups is 2. The third-order valence-corrected chi connectivity index (χ3v) is 3.38. The number of nitrogens with one attached hydrogen (secondary N) is 1. The fraction of sp³-hybridized carbons (Fsp3) is 0.294. The van der Waals surface area contributed by atoms with E-state index >= 15 is 0 Å². The van der Waals surface area contributed by atoms with Crippen LogP contribution >= 0.6 is 0 Å². The average molecular weight is 331 g/mol. The van der Waals surface area contributed by atoms with E-state index in [4.69, 9.17) is 0 Å². The van der Waals surface area contributed by atoms with Crippen LogP contribution in [0.15, 0.2) is 30.6 Å². The van der Waals surface area contributed by atoms with Crippen LogP contribution in [0.2, 0.25) is 0 Å². The third kappa shape index (κ3) is 4.34. The highest BCUT2D eigenvalue weighted by Gasteiger charge is 2.13. The third-order valence-electron chi connectivity index (χ3n) is 3.38. The summed E-state index contributed by atoms with van der Waals surface area (Å²) in [5.41, 5.74) is 1.91. The van der Waals surface area contributed by atoms with Gasteiger partial charge in [0.25, 0.3) is 5.91 Å². The summed E-state index contributed by atoms with van der Waals surface area (Å²) in [5, 5.41) is 2.56. The maximum atomic E-state index is 13.9. The molecule has 2 rings (SSSR count). The molecule has 0 saturated carbocycles. The molecule has 0 fully saturated rings. The number of aryl methyl sites for hydroxylation is 1. The van der Waals surface area contributed by atoms with Crippen LogP contribution < -0.4 is 5.32 Å². The van der Waals surface area contributed by atoms with Gasteiger partial charge in [0.05, 0.1) is 24.9 Å². The molecule has 0 saturated heterocycles. The average Bonchev–Trinajstić information content (AvgIpc) is 2.60. The molecule has 0 radical (unpaired) electrons. The van der Waals surface area contributed by atoms with E-state index in [1.54, 1.807) is 12.3 Å². The summed E-state index contributed by atoms with van der Waals surface area (Å²) in [5.74, 6) is -1.44. The van der Waals surface area contributed by atoms with Crippen molar-refractivity contribution in [3.8, 4) is 11.3 Å². The molecular formula is C17H18FN3O3. The van der Waals surface area contributed by atoms with Gasteiger partial charge in [-0.15, -0.1) is 0 Å². The molecule has 1 heterocycles. The maximum absolute atomic E-state index is 13.9. The molecule has 2 aromatic rings. The van der Waals surface area contributed by atoms with Crippen molar-refractivity contribution < 1.29 is 18.7 Å². The van der Waals surface area contributed by atoms with Gasteiger partial charge < -0.3 is 10.1 Å². The zero-order valence-electron chi connectivity index (χ0n) is 13.5. The summed E-state index contributed by atoms with van der Waals surface area (Å²) in [6, 6.07) is 4.01. The van der Waals surface area contributed by atoms with Gasteiger partial charge in [-0.3, -0.25) is 19.6 Å². The fourth-order valence-electron chi connectivity index (χ4n) is 2.21. The molecule has 7 heteroatoms. The Kier molecular flexibility index (Phi) is 5.95. The van der Waals surface area contributed by atoms with E-state index in [2.05, 4.69) is 20.0 Å². The van der Waals surface area contributed by atoms with Crippen molar-refractivity contribution in [2.45, 2.75) is 19.8 Å². The molecule has 0 aliphatic heterocycles. The van der Waals surface area contributed by atoms with Gasteiger partial charge in [0.1, 0.15) is 5.82 Å². The van der Waals surface area contributed by atoms with Crippen molar-refractivity contribution >= 4 is 11.9 Å². The van der Waals surface area contributed by atoms with Crippen molar-refractivity contribution in [3.63, 3.8) is 0 Å². The minimum atomic E-state index is -0.543. The summed E-state index contributed by atoms with van der Waals surface area (Å²) in [6.45, 7) is 2.04. The minimum Gasteiger partial charge on any atom is -0.469 e. The number of nitrogens with zero attached hydrogens (tertiary/aromatic N) is 2. The number of carbonyl (C=O) groups excluding carboxylic acids is 2. The SMILES string of the molecule is CCc1nccnc1-c1cc(F)cc(C(=O)NCCC(=O)OC)c1. The molecule has 24 heavy (non-hydrogen) atoms. The smallest absolute Gasteiger partial charge is 0.307 e. The maximum Gasteiger partial charge on any atom is 0.307 e. The summed E-state index contributed by atoms with van der Waals surface area (Å²) in [4.78, 5) is 31.6. The number of benzene rings is 1. The second-order valence-electron chi connectivity index (χ2n) is 5.02. The Morgan fingerprint density at radius 1 is 1.21 bits per heavy atom. The fourth-order valence-corrected chi connectivity index (χ4v) is 2.21. The van der Waals surface area contributed by atoms with Crippen molar-refractivity contribution in [1.82, 2.24) is 15.3 Å². The van der Waals surface area contributed by atoms with Crippen LogP contribution in [0.4, 0.5) is 4.39 Å². The van der Waals surface area contributed by atoms with Crippen molar-refractivity contribution in [2.75, 3.05) is 13.7 Å². The molecule has 0 spiro atoms. The summed E-state index contributed by atoms with van der Waals surface area (Å²) < 4.78 is 18.4. The van der Waals surface area contributed by atoms with Crippen LogP contribution in [0.25, 0.3) is 11.3 Å². The lowest BCUT2D eigenvalue weighted by Crippen LogP contribution is -2.26.